The summed E-state index contributed by atoms with van der Waals surface area (Å²) in [6.07, 6.45) is 70.6. The van der Waals surface area contributed by atoms with E-state index in [4.69, 9.17) is 14.2 Å². The zero-order valence-electron chi connectivity index (χ0n) is 45.1. The Morgan fingerprint density at radius 2 is 0.529 bits per heavy atom. The standard InChI is InChI=1S/C62H110O6/c1-4-7-10-13-16-19-22-25-27-29-31-33-34-37-40-43-46-49-52-55-61(64)67-58-59(57-66-60(63)54-51-48-45-42-39-36-24-21-18-15-12-9-6-3)68-62(65)56-53-50-47-44-41-38-35-32-30-28-26-23-20-17-14-11-8-5-2/h16,19,21,24-25,27-28,30-31,33,59H,4-15,17-18,20,22-23,26,29,32,34-58H2,1-3H3/b19-16-,24-21-,27-25-,30-28-,33-31-. The number of unbranched alkanes of at least 4 members (excludes halogenated alkanes) is 32. The Labute approximate surface area is 421 Å². The molecule has 0 radical (unpaired) electrons. The van der Waals surface area contributed by atoms with Gasteiger partial charge in [0.2, 0.25) is 0 Å². The molecule has 0 bridgehead atoms. The molecule has 6 nitrogen and oxygen atoms in total. The fourth-order valence-corrected chi connectivity index (χ4v) is 8.26. The average molecular weight is 952 g/mol. The highest BCUT2D eigenvalue weighted by Gasteiger charge is 2.19. The van der Waals surface area contributed by atoms with E-state index >= 15 is 0 Å². The molecule has 1 unspecified atom stereocenters. The average Bonchev–Trinajstić information content (AvgIpc) is 3.34. The second kappa shape index (κ2) is 56.7. The van der Waals surface area contributed by atoms with Gasteiger partial charge in [-0.05, 0) is 109 Å². The summed E-state index contributed by atoms with van der Waals surface area (Å²) in [5.74, 6) is -0.898. The van der Waals surface area contributed by atoms with Crippen LogP contribution in [-0.2, 0) is 28.6 Å². The molecular formula is C62H110O6. The highest BCUT2D eigenvalue weighted by atomic mass is 16.6. The maximum absolute atomic E-state index is 12.9. The van der Waals surface area contributed by atoms with Gasteiger partial charge in [0.15, 0.2) is 6.10 Å². The normalized spacial score (nSPS) is 12.5. The SMILES string of the molecule is CCCCC/C=C\C/C=C\C/C=C\CCCCCCCCC(=O)OCC(COC(=O)CCCCCCC/C=C\CCCCCC)OC(=O)CCCCCCCCC/C=C\CCCCCCCCC. The van der Waals surface area contributed by atoms with Crippen LogP contribution in [0.1, 0.15) is 297 Å². The van der Waals surface area contributed by atoms with E-state index in [0.29, 0.717) is 19.3 Å². The summed E-state index contributed by atoms with van der Waals surface area (Å²) in [7, 11) is 0. The largest absolute Gasteiger partial charge is 0.462 e. The van der Waals surface area contributed by atoms with E-state index in [1.807, 2.05) is 0 Å². The first-order valence-electron chi connectivity index (χ1n) is 29.3. The monoisotopic (exact) mass is 951 g/mol. The van der Waals surface area contributed by atoms with Crippen LogP contribution in [0.15, 0.2) is 60.8 Å². The van der Waals surface area contributed by atoms with Crippen molar-refractivity contribution in [2.45, 2.75) is 303 Å². The molecule has 0 aliphatic rings. The number of rotatable bonds is 53. The molecule has 0 aliphatic carbocycles. The van der Waals surface area contributed by atoms with Gasteiger partial charge >= 0.3 is 17.9 Å². The molecule has 0 saturated carbocycles. The first kappa shape index (κ1) is 65.1. The van der Waals surface area contributed by atoms with Gasteiger partial charge in [0.05, 0.1) is 0 Å². The Hall–Kier alpha value is -2.89. The van der Waals surface area contributed by atoms with Crippen LogP contribution in [0.4, 0.5) is 0 Å². The lowest BCUT2D eigenvalue weighted by Crippen LogP contribution is -2.30. The van der Waals surface area contributed by atoms with Crippen molar-refractivity contribution >= 4 is 17.9 Å². The zero-order chi connectivity index (χ0) is 49.3. The third-order valence-electron chi connectivity index (χ3n) is 12.7. The summed E-state index contributed by atoms with van der Waals surface area (Å²) in [6, 6.07) is 0. The van der Waals surface area contributed by atoms with E-state index < -0.39 is 6.10 Å². The number of ether oxygens (including phenoxy) is 3. The van der Waals surface area contributed by atoms with Gasteiger partial charge in [-0.15, -0.1) is 0 Å². The maximum Gasteiger partial charge on any atom is 0.306 e. The highest BCUT2D eigenvalue weighted by Crippen LogP contribution is 2.15. The summed E-state index contributed by atoms with van der Waals surface area (Å²) in [6.45, 7) is 6.60. The number of allylic oxidation sites excluding steroid dienone is 10. The second-order valence-corrected chi connectivity index (χ2v) is 19.5. The van der Waals surface area contributed by atoms with E-state index in [0.717, 1.165) is 83.5 Å². The molecule has 0 aromatic rings. The molecular weight excluding hydrogens is 841 g/mol. The van der Waals surface area contributed by atoms with Crippen molar-refractivity contribution in [2.75, 3.05) is 13.2 Å². The van der Waals surface area contributed by atoms with Crippen molar-refractivity contribution < 1.29 is 28.6 Å². The molecule has 68 heavy (non-hydrogen) atoms. The van der Waals surface area contributed by atoms with Gasteiger partial charge in [-0.2, -0.15) is 0 Å². The van der Waals surface area contributed by atoms with Crippen molar-refractivity contribution in [3.63, 3.8) is 0 Å². The van der Waals surface area contributed by atoms with Crippen LogP contribution in [0.3, 0.4) is 0 Å². The molecule has 0 aromatic heterocycles. The quantitative estimate of drug-likeness (QED) is 0.0262. The van der Waals surface area contributed by atoms with Crippen LogP contribution in [-0.4, -0.2) is 37.2 Å². The Bertz CT molecular complexity index is 1230. The van der Waals surface area contributed by atoms with Gasteiger partial charge in [0.1, 0.15) is 13.2 Å². The van der Waals surface area contributed by atoms with E-state index in [1.54, 1.807) is 0 Å². The molecule has 0 saturated heterocycles. The molecule has 0 aromatic carbocycles. The van der Waals surface area contributed by atoms with Crippen LogP contribution in [0.2, 0.25) is 0 Å². The Morgan fingerprint density at radius 3 is 0.882 bits per heavy atom. The van der Waals surface area contributed by atoms with Gasteiger partial charge in [-0.25, -0.2) is 0 Å². The van der Waals surface area contributed by atoms with Crippen molar-refractivity contribution in [1.82, 2.24) is 0 Å². The van der Waals surface area contributed by atoms with Crippen LogP contribution in [0.5, 0.6) is 0 Å². The molecule has 1 atom stereocenters. The maximum atomic E-state index is 12.9. The number of hydrogen-bond donors (Lipinski definition) is 0. The van der Waals surface area contributed by atoms with Crippen LogP contribution in [0.25, 0.3) is 0 Å². The Morgan fingerprint density at radius 1 is 0.294 bits per heavy atom. The molecule has 0 aliphatic heterocycles. The fourth-order valence-electron chi connectivity index (χ4n) is 8.26. The van der Waals surface area contributed by atoms with Crippen LogP contribution >= 0.6 is 0 Å². The van der Waals surface area contributed by atoms with E-state index in [-0.39, 0.29) is 31.1 Å². The minimum absolute atomic E-state index is 0.0836. The summed E-state index contributed by atoms with van der Waals surface area (Å²) in [5.41, 5.74) is 0. The summed E-state index contributed by atoms with van der Waals surface area (Å²) < 4.78 is 16.9. The number of esters is 3. The topological polar surface area (TPSA) is 78.9 Å². The van der Waals surface area contributed by atoms with Gasteiger partial charge in [0.25, 0.3) is 0 Å². The first-order valence-corrected chi connectivity index (χ1v) is 29.3. The van der Waals surface area contributed by atoms with Crippen molar-refractivity contribution in [1.29, 1.82) is 0 Å². The van der Waals surface area contributed by atoms with E-state index in [9.17, 15) is 14.4 Å². The van der Waals surface area contributed by atoms with Gasteiger partial charge in [-0.1, -0.05) is 229 Å². The third kappa shape index (κ3) is 54.1. The first-order chi connectivity index (χ1) is 33.5. The molecule has 394 valence electrons. The smallest absolute Gasteiger partial charge is 0.306 e. The predicted octanol–water partition coefficient (Wildman–Crippen LogP) is 19.6. The van der Waals surface area contributed by atoms with Crippen molar-refractivity contribution in [3.05, 3.63) is 60.8 Å². The minimum atomic E-state index is -0.785. The number of hydrogen-bond acceptors (Lipinski definition) is 6. The lowest BCUT2D eigenvalue weighted by Gasteiger charge is -2.18. The van der Waals surface area contributed by atoms with Gasteiger partial charge < -0.3 is 14.2 Å². The Kier molecular flexibility index (Phi) is 54.3. The summed E-state index contributed by atoms with van der Waals surface area (Å²) in [5, 5.41) is 0. The van der Waals surface area contributed by atoms with E-state index in [1.165, 1.54) is 173 Å². The second-order valence-electron chi connectivity index (χ2n) is 19.5. The van der Waals surface area contributed by atoms with Gasteiger partial charge in [-0.3, -0.25) is 14.4 Å². The molecule has 0 amide bonds. The molecule has 0 heterocycles. The fraction of sp³-hybridized carbons (Fsp3) is 0.790. The minimum Gasteiger partial charge on any atom is -0.462 e. The summed E-state index contributed by atoms with van der Waals surface area (Å²) in [4.78, 5) is 38.2. The van der Waals surface area contributed by atoms with Crippen LogP contribution in [0, 0.1) is 0 Å². The highest BCUT2D eigenvalue weighted by molar-refractivity contribution is 5.71. The van der Waals surface area contributed by atoms with Crippen LogP contribution < -0.4 is 0 Å². The molecule has 6 heteroatoms. The molecule has 0 rings (SSSR count). The number of carbonyl (C=O) groups excluding carboxylic acids is 3. The zero-order valence-corrected chi connectivity index (χ0v) is 45.1. The molecule has 0 fully saturated rings. The Balaban J connectivity index is 4.39. The summed E-state index contributed by atoms with van der Waals surface area (Å²) >= 11 is 0. The molecule has 0 spiro atoms. The van der Waals surface area contributed by atoms with Gasteiger partial charge in [0, 0.05) is 19.3 Å². The lowest BCUT2D eigenvalue weighted by atomic mass is 10.1. The predicted molar refractivity (Wildman–Crippen MR) is 293 cm³/mol. The van der Waals surface area contributed by atoms with Crippen molar-refractivity contribution in [2.24, 2.45) is 0 Å². The van der Waals surface area contributed by atoms with E-state index in [2.05, 4.69) is 81.5 Å². The van der Waals surface area contributed by atoms with Crippen molar-refractivity contribution in [3.8, 4) is 0 Å². The third-order valence-corrected chi connectivity index (χ3v) is 12.7. The number of carbonyl (C=O) groups is 3. The molecule has 0 N–H and O–H groups in total. The lowest BCUT2D eigenvalue weighted by molar-refractivity contribution is -0.167.